The zero-order valence-electron chi connectivity index (χ0n) is 6.00. The van der Waals surface area contributed by atoms with Crippen molar-refractivity contribution in [1.29, 1.82) is 0 Å². The summed E-state index contributed by atoms with van der Waals surface area (Å²) >= 11 is 1.84. The van der Waals surface area contributed by atoms with Crippen molar-refractivity contribution in [3.05, 3.63) is 24.5 Å². The standard InChI is InChI=1S/C8H10NS/c1-2-6-10-8-4-3-5-9-7-8/h3-4,7H,2,6H2,1H3. The Balaban J connectivity index is 2.43. The van der Waals surface area contributed by atoms with Gasteiger partial charge in [-0.1, -0.05) is 6.92 Å². The predicted molar refractivity (Wildman–Crippen MR) is 44.1 cm³/mol. The fraction of sp³-hybridized carbons (Fsp3) is 0.375. The van der Waals surface area contributed by atoms with Gasteiger partial charge in [0.2, 0.25) is 0 Å². The van der Waals surface area contributed by atoms with Gasteiger partial charge in [-0.15, -0.1) is 11.8 Å². The van der Waals surface area contributed by atoms with Gasteiger partial charge in [0, 0.05) is 11.1 Å². The van der Waals surface area contributed by atoms with Crippen LogP contribution in [0.2, 0.25) is 0 Å². The van der Waals surface area contributed by atoms with Crippen LogP contribution >= 0.6 is 11.8 Å². The molecule has 0 aliphatic carbocycles. The van der Waals surface area contributed by atoms with Crippen molar-refractivity contribution in [2.75, 3.05) is 5.75 Å². The minimum Gasteiger partial charge on any atom is -0.253 e. The normalized spacial score (nSPS) is 9.70. The summed E-state index contributed by atoms with van der Waals surface area (Å²) < 4.78 is 0. The van der Waals surface area contributed by atoms with Crippen LogP contribution in [0.5, 0.6) is 0 Å². The van der Waals surface area contributed by atoms with E-state index in [0.29, 0.717) is 0 Å². The van der Waals surface area contributed by atoms with E-state index in [1.807, 2.05) is 30.1 Å². The number of aromatic nitrogens is 1. The number of hydrogen-bond acceptors (Lipinski definition) is 2. The highest BCUT2D eigenvalue weighted by Crippen LogP contribution is 2.15. The van der Waals surface area contributed by atoms with Crippen molar-refractivity contribution in [3.8, 4) is 0 Å². The highest BCUT2D eigenvalue weighted by molar-refractivity contribution is 7.99. The van der Waals surface area contributed by atoms with Crippen LogP contribution in [0, 0.1) is 6.20 Å². The van der Waals surface area contributed by atoms with Gasteiger partial charge in [-0.25, -0.2) is 0 Å². The first kappa shape index (κ1) is 7.61. The molecule has 0 atom stereocenters. The lowest BCUT2D eigenvalue weighted by Gasteiger charge is -1.95. The monoisotopic (exact) mass is 152 g/mol. The Labute approximate surface area is 65.9 Å². The molecule has 1 heterocycles. The third-order valence-corrected chi connectivity index (χ3v) is 2.25. The molecule has 0 unspecified atom stereocenters. The molecule has 1 rings (SSSR count). The third-order valence-electron chi connectivity index (χ3n) is 1.06. The lowest BCUT2D eigenvalue weighted by atomic mass is 10.5. The van der Waals surface area contributed by atoms with Crippen LogP contribution in [0.15, 0.2) is 23.2 Å². The first-order valence-corrected chi connectivity index (χ1v) is 4.37. The molecular formula is C8H10NS. The summed E-state index contributed by atoms with van der Waals surface area (Å²) in [6.07, 6.45) is 5.80. The maximum Gasteiger partial charge on any atom is 0.0886 e. The van der Waals surface area contributed by atoms with E-state index in [1.165, 1.54) is 17.1 Å². The second-order valence-electron chi connectivity index (χ2n) is 1.97. The van der Waals surface area contributed by atoms with Gasteiger partial charge >= 0.3 is 0 Å². The second-order valence-corrected chi connectivity index (χ2v) is 3.14. The summed E-state index contributed by atoms with van der Waals surface area (Å²) in [5.41, 5.74) is 0. The Morgan fingerprint density at radius 3 is 3.20 bits per heavy atom. The molecule has 2 heteroatoms. The molecule has 0 aliphatic rings. The van der Waals surface area contributed by atoms with Crippen LogP contribution in [0.3, 0.4) is 0 Å². The summed E-state index contributed by atoms with van der Waals surface area (Å²) in [6.45, 7) is 2.18. The first-order valence-electron chi connectivity index (χ1n) is 3.38. The van der Waals surface area contributed by atoms with Crippen LogP contribution in [0.25, 0.3) is 0 Å². The zero-order chi connectivity index (χ0) is 7.23. The van der Waals surface area contributed by atoms with Crippen LogP contribution < -0.4 is 0 Å². The molecule has 0 fully saturated rings. The molecule has 0 bridgehead atoms. The van der Waals surface area contributed by atoms with Gasteiger partial charge in [0.25, 0.3) is 0 Å². The molecular weight excluding hydrogens is 142 g/mol. The molecule has 1 nitrogen and oxygen atoms in total. The highest BCUT2D eigenvalue weighted by Gasteiger charge is 1.88. The van der Waals surface area contributed by atoms with E-state index < -0.39 is 0 Å². The molecule has 1 aromatic heterocycles. The SMILES string of the molecule is CCCSc1cc[c]nc1. The third kappa shape index (κ3) is 2.40. The number of rotatable bonds is 3. The summed E-state index contributed by atoms with van der Waals surface area (Å²) in [6, 6.07) is 3.88. The van der Waals surface area contributed by atoms with Gasteiger partial charge in [0.05, 0.1) is 6.20 Å². The van der Waals surface area contributed by atoms with Gasteiger partial charge in [-0.3, -0.25) is 4.98 Å². The number of nitrogens with zero attached hydrogens (tertiary/aromatic N) is 1. The Morgan fingerprint density at radius 2 is 2.60 bits per heavy atom. The zero-order valence-corrected chi connectivity index (χ0v) is 6.82. The van der Waals surface area contributed by atoms with E-state index in [2.05, 4.69) is 18.1 Å². The van der Waals surface area contributed by atoms with Crippen molar-refractivity contribution in [3.63, 3.8) is 0 Å². The Hall–Kier alpha value is -0.500. The van der Waals surface area contributed by atoms with E-state index >= 15 is 0 Å². The molecule has 0 spiro atoms. The van der Waals surface area contributed by atoms with E-state index in [9.17, 15) is 0 Å². The molecule has 53 valence electrons. The highest BCUT2D eigenvalue weighted by atomic mass is 32.2. The maximum atomic E-state index is 3.89. The second kappa shape index (κ2) is 4.34. The lowest BCUT2D eigenvalue weighted by Crippen LogP contribution is -1.76. The molecule has 1 aromatic rings. The van der Waals surface area contributed by atoms with Crippen LogP contribution in [-0.2, 0) is 0 Å². The maximum absolute atomic E-state index is 3.89. The number of hydrogen-bond donors (Lipinski definition) is 0. The van der Waals surface area contributed by atoms with Crippen molar-refractivity contribution < 1.29 is 0 Å². The summed E-state index contributed by atoms with van der Waals surface area (Å²) in [7, 11) is 0. The summed E-state index contributed by atoms with van der Waals surface area (Å²) in [5, 5.41) is 0. The van der Waals surface area contributed by atoms with E-state index in [1.54, 1.807) is 0 Å². The van der Waals surface area contributed by atoms with E-state index in [0.717, 1.165) is 0 Å². The average Bonchev–Trinajstić information content (AvgIpc) is 2.03. The molecule has 0 amide bonds. The van der Waals surface area contributed by atoms with Crippen molar-refractivity contribution in [2.24, 2.45) is 0 Å². The van der Waals surface area contributed by atoms with E-state index in [-0.39, 0.29) is 0 Å². The Bertz CT molecular complexity index is 174. The number of thioether (sulfide) groups is 1. The van der Waals surface area contributed by atoms with Crippen LogP contribution in [0.4, 0.5) is 0 Å². The van der Waals surface area contributed by atoms with Gasteiger partial charge in [-0.2, -0.15) is 0 Å². The van der Waals surface area contributed by atoms with E-state index in [4.69, 9.17) is 0 Å². The van der Waals surface area contributed by atoms with Gasteiger partial charge in [0.1, 0.15) is 0 Å². The van der Waals surface area contributed by atoms with Crippen molar-refractivity contribution in [1.82, 2.24) is 4.98 Å². The number of pyridine rings is 1. The van der Waals surface area contributed by atoms with Gasteiger partial charge in [0.15, 0.2) is 0 Å². The average molecular weight is 152 g/mol. The largest absolute Gasteiger partial charge is 0.253 e. The molecule has 0 aliphatic heterocycles. The Kier molecular flexibility index (Phi) is 3.30. The van der Waals surface area contributed by atoms with Crippen LogP contribution in [0.1, 0.15) is 13.3 Å². The molecule has 0 N–H and O–H groups in total. The molecule has 0 saturated carbocycles. The minimum absolute atomic E-state index is 1.17. The first-order chi connectivity index (χ1) is 4.93. The van der Waals surface area contributed by atoms with Gasteiger partial charge in [-0.05, 0) is 24.3 Å². The molecule has 10 heavy (non-hydrogen) atoms. The topological polar surface area (TPSA) is 12.9 Å². The minimum atomic E-state index is 1.17. The van der Waals surface area contributed by atoms with Crippen LogP contribution in [-0.4, -0.2) is 10.7 Å². The quantitative estimate of drug-likeness (QED) is 0.617. The lowest BCUT2D eigenvalue weighted by molar-refractivity contribution is 1.10. The summed E-state index contributed by atoms with van der Waals surface area (Å²) in [4.78, 5) is 5.13. The van der Waals surface area contributed by atoms with Crippen molar-refractivity contribution in [2.45, 2.75) is 18.2 Å². The predicted octanol–water partition coefficient (Wildman–Crippen LogP) is 2.38. The molecule has 0 saturated heterocycles. The smallest absolute Gasteiger partial charge is 0.0886 e. The fourth-order valence-corrected chi connectivity index (χ4v) is 1.34. The van der Waals surface area contributed by atoms with Crippen molar-refractivity contribution >= 4 is 11.8 Å². The van der Waals surface area contributed by atoms with Gasteiger partial charge < -0.3 is 0 Å². The molecule has 1 radical (unpaired) electrons. The summed E-state index contributed by atoms with van der Waals surface area (Å²) in [5.74, 6) is 1.17. The Morgan fingerprint density at radius 1 is 1.70 bits per heavy atom. The fourth-order valence-electron chi connectivity index (χ4n) is 0.612. The molecule has 0 aromatic carbocycles.